The minimum Gasteiger partial charge on any atom is -0.375 e. The molecule has 0 radical (unpaired) electrons. The highest BCUT2D eigenvalue weighted by Gasteiger charge is 2.12. The number of thiazole rings is 1. The molecule has 0 aliphatic carbocycles. The molecule has 0 atom stereocenters. The summed E-state index contributed by atoms with van der Waals surface area (Å²) in [7, 11) is 0. The van der Waals surface area contributed by atoms with Gasteiger partial charge in [0.2, 0.25) is 0 Å². The normalized spacial score (nSPS) is 10.8. The number of rotatable bonds is 2. The van der Waals surface area contributed by atoms with Gasteiger partial charge >= 0.3 is 0 Å². The van der Waals surface area contributed by atoms with Crippen LogP contribution in [-0.2, 0) is 0 Å². The lowest BCUT2D eigenvalue weighted by Gasteiger charge is -2.01. The summed E-state index contributed by atoms with van der Waals surface area (Å²) in [6, 6.07) is 8.34. The molecule has 0 fully saturated rings. The van der Waals surface area contributed by atoms with Gasteiger partial charge in [-0.2, -0.15) is 5.10 Å². The predicted molar refractivity (Wildman–Crippen MR) is 73.8 cm³/mol. The standard InChI is InChI=1S/C13H11FN4S/c1-8-12(19-13(15)16-8)10-6-7-18(17-10)11-5-3-2-4-9(11)14/h2-7H,1H3,(H2,15,16). The van der Waals surface area contributed by atoms with E-state index in [1.165, 1.54) is 22.1 Å². The van der Waals surface area contributed by atoms with E-state index >= 15 is 0 Å². The van der Waals surface area contributed by atoms with Crippen LogP contribution in [0.2, 0.25) is 0 Å². The monoisotopic (exact) mass is 274 g/mol. The summed E-state index contributed by atoms with van der Waals surface area (Å²) >= 11 is 1.38. The van der Waals surface area contributed by atoms with Crippen molar-refractivity contribution in [2.75, 3.05) is 5.73 Å². The second kappa shape index (κ2) is 4.47. The zero-order valence-electron chi connectivity index (χ0n) is 10.2. The first-order chi connectivity index (χ1) is 9.15. The minimum atomic E-state index is -0.308. The predicted octanol–water partition coefficient (Wildman–Crippen LogP) is 3.03. The van der Waals surface area contributed by atoms with Crippen LogP contribution in [0.5, 0.6) is 0 Å². The van der Waals surface area contributed by atoms with E-state index < -0.39 is 0 Å². The molecule has 4 nitrogen and oxygen atoms in total. The van der Waals surface area contributed by atoms with E-state index in [1.54, 1.807) is 24.4 Å². The smallest absolute Gasteiger partial charge is 0.180 e. The Morgan fingerprint density at radius 3 is 2.74 bits per heavy atom. The first kappa shape index (κ1) is 11.9. The number of nitrogen functional groups attached to an aromatic ring is 1. The van der Waals surface area contributed by atoms with Gasteiger partial charge in [-0.15, -0.1) is 0 Å². The summed E-state index contributed by atoms with van der Waals surface area (Å²) in [5.74, 6) is -0.308. The van der Waals surface area contributed by atoms with Gasteiger partial charge in [0.1, 0.15) is 17.2 Å². The van der Waals surface area contributed by atoms with Gasteiger partial charge in [-0.25, -0.2) is 14.1 Å². The van der Waals surface area contributed by atoms with Crippen molar-refractivity contribution in [2.45, 2.75) is 6.92 Å². The molecule has 0 aliphatic rings. The maximum atomic E-state index is 13.7. The summed E-state index contributed by atoms with van der Waals surface area (Å²) in [6.07, 6.45) is 1.73. The van der Waals surface area contributed by atoms with Crippen molar-refractivity contribution in [2.24, 2.45) is 0 Å². The summed E-state index contributed by atoms with van der Waals surface area (Å²) in [5, 5.41) is 4.88. The van der Waals surface area contributed by atoms with Crippen LogP contribution in [0.3, 0.4) is 0 Å². The first-order valence-electron chi connectivity index (χ1n) is 5.69. The molecule has 96 valence electrons. The fourth-order valence-corrected chi connectivity index (χ4v) is 2.67. The molecule has 19 heavy (non-hydrogen) atoms. The number of hydrogen-bond acceptors (Lipinski definition) is 4. The average Bonchev–Trinajstić information content (AvgIpc) is 2.96. The highest BCUT2D eigenvalue weighted by atomic mass is 32.1. The molecule has 0 saturated carbocycles. The number of aryl methyl sites for hydroxylation is 1. The fourth-order valence-electron chi connectivity index (χ4n) is 1.87. The van der Waals surface area contributed by atoms with Crippen molar-refractivity contribution in [1.82, 2.24) is 14.8 Å². The summed E-state index contributed by atoms with van der Waals surface area (Å²) < 4.78 is 15.2. The van der Waals surface area contributed by atoms with Gasteiger partial charge in [-0.3, -0.25) is 0 Å². The lowest BCUT2D eigenvalue weighted by molar-refractivity contribution is 0.611. The molecule has 6 heteroatoms. The van der Waals surface area contributed by atoms with Crippen LogP contribution in [0, 0.1) is 12.7 Å². The molecule has 0 saturated heterocycles. The second-order valence-electron chi connectivity index (χ2n) is 4.06. The summed E-state index contributed by atoms with van der Waals surface area (Å²) in [4.78, 5) is 5.07. The zero-order chi connectivity index (χ0) is 13.4. The van der Waals surface area contributed by atoms with Crippen LogP contribution >= 0.6 is 11.3 Å². The van der Waals surface area contributed by atoms with E-state index in [9.17, 15) is 4.39 Å². The van der Waals surface area contributed by atoms with E-state index in [1.807, 2.05) is 13.0 Å². The number of para-hydroxylation sites is 1. The molecule has 3 rings (SSSR count). The topological polar surface area (TPSA) is 56.7 Å². The third-order valence-corrected chi connectivity index (χ3v) is 3.74. The molecule has 2 aromatic heterocycles. The maximum absolute atomic E-state index is 13.7. The van der Waals surface area contributed by atoms with Crippen molar-refractivity contribution in [3.05, 3.63) is 48.0 Å². The number of nitrogens with two attached hydrogens (primary N) is 1. The Labute approximate surface area is 113 Å². The van der Waals surface area contributed by atoms with Crippen LogP contribution in [0.1, 0.15) is 5.69 Å². The van der Waals surface area contributed by atoms with E-state index in [-0.39, 0.29) is 5.82 Å². The van der Waals surface area contributed by atoms with Gasteiger partial charge in [-0.1, -0.05) is 23.5 Å². The van der Waals surface area contributed by atoms with Gasteiger partial charge < -0.3 is 5.73 Å². The van der Waals surface area contributed by atoms with Gasteiger partial charge in [0.15, 0.2) is 5.13 Å². The van der Waals surface area contributed by atoms with E-state index in [4.69, 9.17) is 5.73 Å². The number of hydrogen-bond donors (Lipinski definition) is 1. The second-order valence-corrected chi connectivity index (χ2v) is 5.09. The molecule has 0 bridgehead atoms. The van der Waals surface area contributed by atoms with Gasteiger partial charge in [-0.05, 0) is 25.1 Å². The molecule has 2 heterocycles. The third-order valence-electron chi connectivity index (χ3n) is 2.73. The summed E-state index contributed by atoms with van der Waals surface area (Å²) in [6.45, 7) is 1.88. The van der Waals surface area contributed by atoms with Crippen LogP contribution < -0.4 is 5.73 Å². The Bertz CT molecular complexity index is 732. The largest absolute Gasteiger partial charge is 0.375 e. The lowest BCUT2D eigenvalue weighted by Crippen LogP contribution is -1.97. The van der Waals surface area contributed by atoms with Crippen molar-refractivity contribution in [1.29, 1.82) is 0 Å². The number of aromatic nitrogens is 3. The van der Waals surface area contributed by atoms with Crippen LogP contribution in [-0.4, -0.2) is 14.8 Å². The molecule has 0 aliphatic heterocycles. The van der Waals surface area contributed by atoms with Gasteiger partial charge in [0, 0.05) is 6.20 Å². The summed E-state index contributed by atoms with van der Waals surface area (Å²) in [5.41, 5.74) is 7.67. The van der Waals surface area contributed by atoms with Crippen molar-refractivity contribution >= 4 is 16.5 Å². The van der Waals surface area contributed by atoms with Crippen molar-refractivity contribution in [3.63, 3.8) is 0 Å². The number of halogens is 1. The fraction of sp³-hybridized carbons (Fsp3) is 0.0769. The Morgan fingerprint density at radius 2 is 2.05 bits per heavy atom. The number of nitrogens with zero attached hydrogens (tertiary/aromatic N) is 3. The molecule has 3 aromatic rings. The SMILES string of the molecule is Cc1nc(N)sc1-c1ccn(-c2ccccc2F)n1. The van der Waals surface area contributed by atoms with E-state index in [0.717, 1.165) is 16.3 Å². The third kappa shape index (κ3) is 2.10. The van der Waals surface area contributed by atoms with Gasteiger partial charge in [0.25, 0.3) is 0 Å². The quantitative estimate of drug-likeness (QED) is 0.781. The molecule has 2 N–H and O–H groups in total. The van der Waals surface area contributed by atoms with Gasteiger partial charge in [0.05, 0.1) is 10.6 Å². The zero-order valence-corrected chi connectivity index (χ0v) is 11.0. The highest BCUT2D eigenvalue weighted by Crippen LogP contribution is 2.30. The van der Waals surface area contributed by atoms with Crippen molar-refractivity contribution < 1.29 is 4.39 Å². The number of benzene rings is 1. The van der Waals surface area contributed by atoms with Crippen LogP contribution in [0.4, 0.5) is 9.52 Å². The molecular weight excluding hydrogens is 263 g/mol. The van der Waals surface area contributed by atoms with Crippen LogP contribution in [0.15, 0.2) is 36.5 Å². The Balaban J connectivity index is 2.05. The molecular formula is C13H11FN4S. The van der Waals surface area contributed by atoms with Crippen LogP contribution in [0.25, 0.3) is 16.3 Å². The van der Waals surface area contributed by atoms with E-state index in [0.29, 0.717) is 10.8 Å². The average molecular weight is 274 g/mol. The molecule has 0 spiro atoms. The first-order valence-corrected chi connectivity index (χ1v) is 6.50. The molecule has 0 unspecified atom stereocenters. The minimum absolute atomic E-state index is 0.308. The maximum Gasteiger partial charge on any atom is 0.180 e. The Morgan fingerprint density at radius 1 is 1.26 bits per heavy atom. The highest BCUT2D eigenvalue weighted by molar-refractivity contribution is 7.18. The van der Waals surface area contributed by atoms with E-state index in [2.05, 4.69) is 10.1 Å². The lowest BCUT2D eigenvalue weighted by atomic mass is 10.3. The Hall–Kier alpha value is -2.21. The van der Waals surface area contributed by atoms with Crippen molar-refractivity contribution in [3.8, 4) is 16.3 Å². The number of anilines is 1. The Kier molecular flexibility index (Phi) is 2.79. The molecule has 1 aromatic carbocycles. The molecule has 0 amide bonds.